The molecule has 1 aromatic carbocycles. The summed E-state index contributed by atoms with van der Waals surface area (Å²) in [6.07, 6.45) is 0. The highest BCUT2D eigenvalue weighted by atomic mass is 19.1. The molecule has 0 bridgehead atoms. The zero-order chi connectivity index (χ0) is 14.1. The van der Waals surface area contributed by atoms with Crippen molar-refractivity contribution < 1.29 is 18.7 Å². The smallest absolute Gasteiger partial charge is 0.246 e. The van der Waals surface area contributed by atoms with Gasteiger partial charge >= 0.3 is 0 Å². The maximum absolute atomic E-state index is 13.6. The van der Waals surface area contributed by atoms with E-state index in [2.05, 4.69) is 5.32 Å². The van der Waals surface area contributed by atoms with Crippen molar-refractivity contribution in [2.45, 2.75) is 13.1 Å². The number of nitrogens with one attached hydrogen (secondary N) is 1. The normalized spacial score (nSPS) is 10.5. The molecule has 3 N–H and O–H groups in total. The number of rotatable bonds is 8. The van der Waals surface area contributed by atoms with Gasteiger partial charge in [0.1, 0.15) is 12.4 Å². The van der Waals surface area contributed by atoms with E-state index < -0.39 is 0 Å². The van der Waals surface area contributed by atoms with Gasteiger partial charge in [-0.25, -0.2) is 4.39 Å². The molecule has 0 spiro atoms. The van der Waals surface area contributed by atoms with Gasteiger partial charge in [-0.2, -0.15) is 0 Å². The highest BCUT2D eigenvalue weighted by molar-refractivity contribution is 5.77. The van der Waals surface area contributed by atoms with E-state index in [1.807, 2.05) is 0 Å². The van der Waals surface area contributed by atoms with Crippen molar-refractivity contribution in [3.05, 3.63) is 35.1 Å². The van der Waals surface area contributed by atoms with Crippen LogP contribution in [0.4, 0.5) is 4.39 Å². The number of amides is 1. The predicted molar refractivity (Wildman–Crippen MR) is 68.8 cm³/mol. The van der Waals surface area contributed by atoms with Crippen LogP contribution in [-0.2, 0) is 27.4 Å². The minimum absolute atomic E-state index is 0.0636. The molecule has 1 aromatic rings. The van der Waals surface area contributed by atoms with Gasteiger partial charge in [-0.1, -0.05) is 12.1 Å². The molecule has 106 valence electrons. The summed E-state index contributed by atoms with van der Waals surface area (Å²) in [5, 5.41) is 2.58. The fraction of sp³-hybridized carbons (Fsp3) is 0.462. The fourth-order valence-electron chi connectivity index (χ4n) is 1.41. The van der Waals surface area contributed by atoms with E-state index in [1.54, 1.807) is 19.2 Å². The van der Waals surface area contributed by atoms with Gasteiger partial charge in [0.25, 0.3) is 0 Å². The number of nitrogens with two attached hydrogens (primary N) is 1. The van der Waals surface area contributed by atoms with Gasteiger partial charge < -0.3 is 20.5 Å². The minimum Gasteiger partial charge on any atom is -0.382 e. The molecule has 0 fully saturated rings. The highest BCUT2D eigenvalue weighted by Gasteiger charge is 2.06. The van der Waals surface area contributed by atoms with Crippen molar-refractivity contribution in [2.75, 3.05) is 26.9 Å². The molecule has 0 aliphatic heterocycles. The Morgan fingerprint density at radius 2 is 2.21 bits per heavy atom. The molecule has 0 saturated heterocycles. The Kier molecular flexibility index (Phi) is 7.02. The second-order valence-electron chi connectivity index (χ2n) is 3.95. The summed E-state index contributed by atoms with van der Waals surface area (Å²) >= 11 is 0. The van der Waals surface area contributed by atoms with Gasteiger partial charge in [0, 0.05) is 25.8 Å². The van der Waals surface area contributed by atoms with Gasteiger partial charge in [-0.15, -0.1) is 0 Å². The number of benzene rings is 1. The lowest BCUT2D eigenvalue weighted by Crippen LogP contribution is -2.28. The predicted octanol–water partition coefficient (Wildman–Crippen LogP) is 0.564. The molecule has 0 aliphatic rings. The monoisotopic (exact) mass is 270 g/mol. The number of methoxy groups -OCH3 is 1. The van der Waals surface area contributed by atoms with E-state index >= 15 is 0 Å². The van der Waals surface area contributed by atoms with E-state index in [4.69, 9.17) is 15.2 Å². The maximum atomic E-state index is 13.6. The molecule has 0 saturated carbocycles. The largest absolute Gasteiger partial charge is 0.382 e. The number of carbonyl (C=O) groups is 1. The molecule has 19 heavy (non-hydrogen) atoms. The van der Waals surface area contributed by atoms with Crippen LogP contribution in [0.25, 0.3) is 0 Å². The molecule has 1 rings (SSSR count). The molecule has 0 radical (unpaired) electrons. The Morgan fingerprint density at radius 3 is 2.84 bits per heavy atom. The van der Waals surface area contributed by atoms with Crippen LogP contribution in [-0.4, -0.2) is 32.8 Å². The van der Waals surface area contributed by atoms with E-state index in [-0.39, 0.29) is 31.4 Å². The SMILES string of the molecule is COCCOCC(=O)NCc1ccc(CN)cc1F. The van der Waals surface area contributed by atoms with Crippen LogP contribution < -0.4 is 11.1 Å². The number of ether oxygens (including phenoxy) is 2. The Balaban J connectivity index is 2.33. The van der Waals surface area contributed by atoms with E-state index in [0.29, 0.717) is 18.8 Å². The summed E-state index contributed by atoms with van der Waals surface area (Å²) < 4.78 is 23.4. The third-order valence-corrected chi connectivity index (χ3v) is 2.49. The van der Waals surface area contributed by atoms with Crippen LogP contribution in [0.1, 0.15) is 11.1 Å². The molecule has 0 unspecified atom stereocenters. The summed E-state index contributed by atoms with van der Waals surface area (Å²) in [6.45, 7) is 1.14. The van der Waals surface area contributed by atoms with Crippen LogP contribution in [0.5, 0.6) is 0 Å². The molecule has 6 heteroatoms. The number of carbonyl (C=O) groups excluding carboxylic acids is 1. The van der Waals surface area contributed by atoms with Crippen LogP contribution in [0.3, 0.4) is 0 Å². The third-order valence-electron chi connectivity index (χ3n) is 2.49. The van der Waals surface area contributed by atoms with Gasteiger partial charge in [0.05, 0.1) is 13.2 Å². The zero-order valence-corrected chi connectivity index (χ0v) is 10.9. The average molecular weight is 270 g/mol. The molecule has 0 aromatic heterocycles. The number of hydrogen-bond donors (Lipinski definition) is 2. The molecule has 1 amide bonds. The Morgan fingerprint density at radius 1 is 1.42 bits per heavy atom. The van der Waals surface area contributed by atoms with Gasteiger partial charge in [-0.05, 0) is 11.6 Å². The van der Waals surface area contributed by atoms with E-state index in [1.165, 1.54) is 6.07 Å². The van der Waals surface area contributed by atoms with Crippen LogP contribution in [0, 0.1) is 5.82 Å². The molecule has 0 heterocycles. The minimum atomic E-state index is -0.372. The molecule has 0 atom stereocenters. The number of hydrogen-bond acceptors (Lipinski definition) is 4. The molecular formula is C13H19FN2O3. The average Bonchev–Trinajstić information content (AvgIpc) is 2.42. The summed E-state index contributed by atoms with van der Waals surface area (Å²) in [5.74, 6) is -0.665. The first kappa shape index (κ1) is 15.6. The van der Waals surface area contributed by atoms with Crippen molar-refractivity contribution in [2.24, 2.45) is 5.73 Å². The molecular weight excluding hydrogens is 251 g/mol. The van der Waals surface area contributed by atoms with Crippen molar-refractivity contribution in [3.63, 3.8) is 0 Å². The summed E-state index contributed by atoms with van der Waals surface area (Å²) in [7, 11) is 1.55. The van der Waals surface area contributed by atoms with Crippen LogP contribution in [0.2, 0.25) is 0 Å². The van der Waals surface area contributed by atoms with E-state index in [9.17, 15) is 9.18 Å². The number of halogens is 1. The third kappa shape index (κ3) is 5.78. The summed E-state index contributed by atoms with van der Waals surface area (Å²) in [6, 6.07) is 4.72. The van der Waals surface area contributed by atoms with Gasteiger partial charge in [-0.3, -0.25) is 4.79 Å². The Bertz CT molecular complexity index is 413. The topological polar surface area (TPSA) is 73.6 Å². The fourth-order valence-corrected chi connectivity index (χ4v) is 1.41. The molecule has 5 nitrogen and oxygen atoms in total. The Labute approximate surface area is 111 Å². The lowest BCUT2D eigenvalue weighted by atomic mass is 10.1. The van der Waals surface area contributed by atoms with Gasteiger partial charge in [0.15, 0.2) is 0 Å². The summed E-state index contributed by atoms with van der Waals surface area (Å²) in [5.41, 5.74) is 6.54. The highest BCUT2D eigenvalue weighted by Crippen LogP contribution is 2.09. The first-order chi connectivity index (χ1) is 9.17. The zero-order valence-electron chi connectivity index (χ0n) is 10.9. The maximum Gasteiger partial charge on any atom is 0.246 e. The van der Waals surface area contributed by atoms with E-state index in [0.717, 1.165) is 5.56 Å². The van der Waals surface area contributed by atoms with Crippen molar-refractivity contribution in [3.8, 4) is 0 Å². The Hall–Kier alpha value is -1.50. The lowest BCUT2D eigenvalue weighted by molar-refractivity contribution is -0.126. The lowest BCUT2D eigenvalue weighted by Gasteiger charge is -2.08. The van der Waals surface area contributed by atoms with Crippen molar-refractivity contribution in [1.29, 1.82) is 0 Å². The second-order valence-corrected chi connectivity index (χ2v) is 3.95. The second kappa shape index (κ2) is 8.58. The first-order valence-electron chi connectivity index (χ1n) is 5.98. The van der Waals surface area contributed by atoms with Crippen molar-refractivity contribution >= 4 is 5.91 Å². The first-order valence-corrected chi connectivity index (χ1v) is 5.98. The van der Waals surface area contributed by atoms with Gasteiger partial charge in [0.2, 0.25) is 5.91 Å². The summed E-state index contributed by atoms with van der Waals surface area (Å²) in [4.78, 5) is 11.4. The van der Waals surface area contributed by atoms with Crippen molar-refractivity contribution in [1.82, 2.24) is 5.32 Å². The van der Waals surface area contributed by atoms with Crippen LogP contribution in [0.15, 0.2) is 18.2 Å². The standard InChI is InChI=1S/C13H19FN2O3/c1-18-4-5-19-9-13(17)16-8-11-3-2-10(7-15)6-12(11)14/h2-3,6H,4-5,7-9,15H2,1H3,(H,16,17). The molecule has 0 aliphatic carbocycles. The quantitative estimate of drug-likeness (QED) is 0.677. The van der Waals surface area contributed by atoms with Crippen LogP contribution >= 0.6 is 0 Å².